The molecular weight excluding hydrogens is 515 g/mol. The maximum atomic E-state index is 14.6. The Kier molecular flexibility index (Phi) is 9.23. The van der Waals surface area contributed by atoms with Crippen LogP contribution in [0.4, 0.5) is 10.1 Å². The molecule has 0 aliphatic heterocycles. The molecule has 4 rings (SSSR count). The number of nitrogens with zero attached hydrogens (tertiary/aromatic N) is 1. The number of anilines is 1. The van der Waals surface area contributed by atoms with Gasteiger partial charge in [-0.1, -0.05) is 48.5 Å². The summed E-state index contributed by atoms with van der Waals surface area (Å²) in [4.78, 5) is 12.6. The Labute approximate surface area is 222 Å². The molecule has 0 radical (unpaired) electrons. The van der Waals surface area contributed by atoms with E-state index in [0.717, 1.165) is 9.54 Å². The average molecular weight is 543 g/mol. The van der Waals surface area contributed by atoms with Crippen molar-refractivity contribution >= 4 is 34.0 Å². The second-order valence-corrected chi connectivity index (χ2v) is 10.2. The summed E-state index contributed by atoms with van der Waals surface area (Å²) in [6.07, 6.45) is 1.81. The summed E-state index contributed by atoms with van der Waals surface area (Å²) in [6.45, 7) is 0.402. The maximum absolute atomic E-state index is 14.6. The molecule has 10 heteroatoms. The molecule has 4 aromatic rings. The second kappa shape index (κ2) is 12.2. The Balaban J connectivity index is 0.00000380. The highest BCUT2D eigenvalue weighted by Crippen LogP contribution is 2.29. The van der Waals surface area contributed by atoms with Gasteiger partial charge in [-0.05, 0) is 61.0 Å². The van der Waals surface area contributed by atoms with E-state index in [4.69, 9.17) is 5.73 Å². The molecule has 7 nitrogen and oxygen atoms in total. The van der Waals surface area contributed by atoms with Crippen molar-refractivity contribution in [2.24, 2.45) is 5.73 Å². The lowest BCUT2D eigenvalue weighted by molar-refractivity contribution is -0.117. The fourth-order valence-electron chi connectivity index (χ4n) is 3.91. The molecule has 0 saturated carbocycles. The van der Waals surface area contributed by atoms with E-state index in [-0.39, 0.29) is 28.6 Å². The Morgan fingerprint density at radius 3 is 2.38 bits per heavy atom. The topological polar surface area (TPSA) is 106 Å². The molecule has 3 aromatic carbocycles. The first kappa shape index (κ1) is 28.1. The van der Waals surface area contributed by atoms with Gasteiger partial charge in [0.15, 0.2) is 0 Å². The first-order valence-corrected chi connectivity index (χ1v) is 12.8. The van der Waals surface area contributed by atoms with Crippen LogP contribution in [-0.2, 0) is 27.8 Å². The predicted molar refractivity (Wildman–Crippen MR) is 146 cm³/mol. The molecule has 1 atom stereocenters. The molecular formula is C27H28ClFN4O3S. The zero-order valence-electron chi connectivity index (χ0n) is 20.1. The molecule has 0 saturated heterocycles. The van der Waals surface area contributed by atoms with E-state index in [1.165, 1.54) is 36.5 Å². The number of carbonyl (C=O) groups excluding carboxylic acids is 1. The number of carbonyl (C=O) groups is 1. The minimum atomic E-state index is -4.12. The highest BCUT2D eigenvalue weighted by molar-refractivity contribution is 7.90. The number of hydrogen-bond acceptors (Lipinski definition) is 5. The van der Waals surface area contributed by atoms with Gasteiger partial charge in [0.05, 0.1) is 16.6 Å². The highest BCUT2D eigenvalue weighted by Gasteiger charge is 2.24. The van der Waals surface area contributed by atoms with Crippen molar-refractivity contribution in [2.45, 2.75) is 23.9 Å². The van der Waals surface area contributed by atoms with Gasteiger partial charge in [0, 0.05) is 24.0 Å². The van der Waals surface area contributed by atoms with Crippen LogP contribution < -0.4 is 16.4 Å². The van der Waals surface area contributed by atoms with Gasteiger partial charge in [-0.25, -0.2) is 16.8 Å². The van der Waals surface area contributed by atoms with Gasteiger partial charge < -0.3 is 16.4 Å². The number of benzene rings is 3. The third kappa shape index (κ3) is 6.44. The highest BCUT2D eigenvalue weighted by atomic mass is 35.5. The summed E-state index contributed by atoms with van der Waals surface area (Å²) in [6, 6.07) is 22.1. The summed E-state index contributed by atoms with van der Waals surface area (Å²) >= 11 is 0. The van der Waals surface area contributed by atoms with Crippen LogP contribution in [0.25, 0.3) is 11.3 Å². The predicted octanol–water partition coefficient (Wildman–Crippen LogP) is 4.18. The molecule has 0 unspecified atom stereocenters. The fraction of sp³-hybridized carbons (Fsp3) is 0.148. The standard InChI is InChI=1S/C27H27FN4O3S.ClH/c1-30-17-20-15-26(23-12-5-6-13-24(23)28)32(18-20)36(34,35)22-11-7-10-21(16-22)31-27(33)25(29)14-19-8-3-2-4-9-19;/h2-13,15-16,18,25,30H,14,17,29H2,1H3,(H,31,33);1H/t25-;/m0./s1. The Morgan fingerprint density at radius 2 is 1.68 bits per heavy atom. The van der Waals surface area contributed by atoms with Crippen LogP contribution in [0.3, 0.4) is 0 Å². The smallest absolute Gasteiger partial charge is 0.268 e. The number of nitrogens with two attached hydrogens (primary N) is 1. The van der Waals surface area contributed by atoms with Gasteiger partial charge in [-0.2, -0.15) is 0 Å². The van der Waals surface area contributed by atoms with E-state index in [9.17, 15) is 17.6 Å². The van der Waals surface area contributed by atoms with Crippen molar-refractivity contribution in [1.29, 1.82) is 0 Å². The molecule has 1 heterocycles. The van der Waals surface area contributed by atoms with E-state index >= 15 is 0 Å². The maximum Gasteiger partial charge on any atom is 0.268 e. The summed E-state index contributed by atoms with van der Waals surface area (Å²) in [7, 11) is -2.38. The summed E-state index contributed by atoms with van der Waals surface area (Å²) < 4.78 is 43.0. The van der Waals surface area contributed by atoms with Crippen molar-refractivity contribution in [3.63, 3.8) is 0 Å². The van der Waals surface area contributed by atoms with Gasteiger partial charge in [0.2, 0.25) is 5.91 Å². The zero-order valence-corrected chi connectivity index (χ0v) is 21.7. The van der Waals surface area contributed by atoms with Crippen molar-refractivity contribution in [3.8, 4) is 11.3 Å². The number of amides is 1. The fourth-order valence-corrected chi connectivity index (χ4v) is 5.34. The van der Waals surface area contributed by atoms with Crippen LogP contribution in [0.2, 0.25) is 0 Å². The van der Waals surface area contributed by atoms with E-state index in [1.807, 2.05) is 30.3 Å². The van der Waals surface area contributed by atoms with Crippen molar-refractivity contribution < 1.29 is 17.6 Å². The van der Waals surface area contributed by atoms with Gasteiger partial charge in [0.1, 0.15) is 5.82 Å². The summed E-state index contributed by atoms with van der Waals surface area (Å²) in [5.74, 6) is -0.964. The minimum absolute atomic E-state index is 0. The number of nitrogens with one attached hydrogen (secondary N) is 2. The van der Waals surface area contributed by atoms with Crippen LogP contribution in [0, 0.1) is 5.82 Å². The van der Waals surface area contributed by atoms with Crippen molar-refractivity contribution in [2.75, 3.05) is 12.4 Å². The molecule has 1 amide bonds. The zero-order chi connectivity index (χ0) is 25.7. The number of halogens is 2. The van der Waals surface area contributed by atoms with Crippen LogP contribution in [-0.4, -0.2) is 31.4 Å². The summed E-state index contributed by atoms with van der Waals surface area (Å²) in [5, 5.41) is 5.68. The van der Waals surface area contributed by atoms with E-state index < -0.39 is 27.8 Å². The van der Waals surface area contributed by atoms with Gasteiger partial charge in [-0.15, -0.1) is 12.4 Å². The lowest BCUT2D eigenvalue weighted by Gasteiger charge is -2.14. The van der Waals surface area contributed by atoms with Crippen molar-refractivity contribution in [3.05, 3.63) is 108 Å². The van der Waals surface area contributed by atoms with Crippen LogP contribution >= 0.6 is 12.4 Å². The Hall–Kier alpha value is -3.50. The second-order valence-electron chi connectivity index (χ2n) is 8.36. The molecule has 1 aromatic heterocycles. The normalized spacial score (nSPS) is 12.0. The van der Waals surface area contributed by atoms with E-state index in [0.29, 0.717) is 24.2 Å². The van der Waals surface area contributed by atoms with Gasteiger partial charge in [0.25, 0.3) is 10.0 Å². The molecule has 0 aliphatic carbocycles. The van der Waals surface area contributed by atoms with E-state index in [2.05, 4.69) is 10.6 Å². The van der Waals surface area contributed by atoms with Crippen LogP contribution in [0.15, 0.2) is 96.0 Å². The van der Waals surface area contributed by atoms with Crippen LogP contribution in [0.5, 0.6) is 0 Å². The van der Waals surface area contributed by atoms with Crippen molar-refractivity contribution in [1.82, 2.24) is 9.29 Å². The molecule has 37 heavy (non-hydrogen) atoms. The molecule has 0 spiro atoms. The number of hydrogen-bond donors (Lipinski definition) is 3. The summed E-state index contributed by atoms with van der Waals surface area (Å²) in [5.41, 5.74) is 8.32. The quantitative estimate of drug-likeness (QED) is 0.294. The third-order valence-electron chi connectivity index (χ3n) is 5.67. The minimum Gasteiger partial charge on any atom is -0.325 e. The molecule has 4 N–H and O–H groups in total. The Morgan fingerprint density at radius 1 is 0.973 bits per heavy atom. The van der Waals surface area contributed by atoms with E-state index in [1.54, 1.807) is 31.3 Å². The first-order valence-electron chi connectivity index (χ1n) is 11.4. The SMILES string of the molecule is CNCc1cc(-c2ccccc2F)n(S(=O)(=O)c2cccc(NC(=O)[C@@H](N)Cc3ccccc3)c2)c1.Cl. The van der Waals surface area contributed by atoms with Gasteiger partial charge in [-0.3, -0.25) is 4.79 Å². The molecule has 0 fully saturated rings. The lowest BCUT2D eigenvalue weighted by Crippen LogP contribution is -2.37. The third-order valence-corrected chi connectivity index (χ3v) is 7.34. The van der Waals surface area contributed by atoms with Gasteiger partial charge >= 0.3 is 0 Å². The molecule has 194 valence electrons. The lowest BCUT2D eigenvalue weighted by atomic mass is 10.1. The molecule has 0 aliphatic rings. The number of rotatable bonds is 9. The average Bonchev–Trinajstić information content (AvgIpc) is 3.30. The molecule has 0 bridgehead atoms. The largest absolute Gasteiger partial charge is 0.325 e. The van der Waals surface area contributed by atoms with Crippen LogP contribution in [0.1, 0.15) is 11.1 Å². The monoisotopic (exact) mass is 542 g/mol. The first-order chi connectivity index (χ1) is 17.3. The number of aromatic nitrogens is 1. The Bertz CT molecular complexity index is 1480.